The van der Waals surface area contributed by atoms with E-state index in [0.717, 1.165) is 6.42 Å². The summed E-state index contributed by atoms with van der Waals surface area (Å²) >= 11 is 0. The van der Waals surface area contributed by atoms with Gasteiger partial charge in [0.25, 0.3) is 5.56 Å². The van der Waals surface area contributed by atoms with Crippen LogP contribution in [0.3, 0.4) is 0 Å². The van der Waals surface area contributed by atoms with Gasteiger partial charge >= 0.3 is 0 Å². The van der Waals surface area contributed by atoms with E-state index in [1.54, 1.807) is 7.11 Å². The molecule has 0 fully saturated rings. The maximum Gasteiger partial charge on any atom is 0.277 e. The average Bonchev–Trinajstić information content (AvgIpc) is 2.19. The lowest BCUT2D eigenvalue weighted by atomic mass is 10.5. The first-order valence-corrected chi connectivity index (χ1v) is 4.20. The van der Waals surface area contributed by atoms with Gasteiger partial charge in [-0.15, -0.1) is 0 Å². The molecule has 78 valence electrons. The van der Waals surface area contributed by atoms with Crippen molar-refractivity contribution in [3.05, 3.63) is 16.7 Å². The predicted molar refractivity (Wildman–Crippen MR) is 51.3 cm³/mol. The lowest BCUT2D eigenvalue weighted by molar-refractivity contribution is 0.170. The molecule has 1 aromatic rings. The van der Waals surface area contributed by atoms with Gasteiger partial charge in [0.05, 0.1) is 12.9 Å². The van der Waals surface area contributed by atoms with Crippen molar-refractivity contribution in [3.63, 3.8) is 0 Å². The normalized spacial score (nSPS) is 10.1. The van der Waals surface area contributed by atoms with E-state index >= 15 is 0 Å². The van der Waals surface area contributed by atoms with Crippen LogP contribution in [0.2, 0.25) is 0 Å². The molecule has 0 aliphatic carbocycles. The summed E-state index contributed by atoms with van der Waals surface area (Å²) in [7, 11) is 1.61. The number of nitrogens with zero attached hydrogens (tertiary/aromatic N) is 1. The highest BCUT2D eigenvalue weighted by atomic mass is 16.5. The fourth-order valence-corrected chi connectivity index (χ4v) is 0.881. The first kappa shape index (κ1) is 10.5. The van der Waals surface area contributed by atoms with Crippen LogP contribution in [0.15, 0.2) is 11.1 Å². The van der Waals surface area contributed by atoms with E-state index in [0.29, 0.717) is 13.2 Å². The molecular weight excluding hydrogens is 186 g/mol. The number of aromatic nitrogens is 2. The zero-order chi connectivity index (χ0) is 10.4. The van der Waals surface area contributed by atoms with Crippen LogP contribution in [0, 0.1) is 0 Å². The van der Waals surface area contributed by atoms with E-state index in [9.17, 15) is 4.79 Å². The fraction of sp³-hybridized carbons (Fsp3) is 0.500. The molecule has 0 atom stereocenters. The molecular formula is C8H13N3O3. The van der Waals surface area contributed by atoms with Crippen LogP contribution in [-0.2, 0) is 4.74 Å². The van der Waals surface area contributed by atoms with Gasteiger partial charge in [-0.1, -0.05) is 0 Å². The number of nitrogen functional groups attached to an aromatic ring is 1. The van der Waals surface area contributed by atoms with E-state index < -0.39 is 0 Å². The summed E-state index contributed by atoms with van der Waals surface area (Å²) in [5, 5.41) is 0. The molecule has 3 N–H and O–H groups in total. The number of nitrogens with one attached hydrogen (secondary N) is 1. The summed E-state index contributed by atoms with van der Waals surface area (Å²) in [5.41, 5.74) is 5.05. The Labute approximate surface area is 81.1 Å². The third kappa shape index (κ3) is 2.74. The van der Waals surface area contributed by atoms with Crippen molar-refractivity contribution in [1.29, 1.82) is 0 Å². The molecule has 0 aliphatic heterocycles. The van der Waals surface area contributed by atoms with Crippen molar-refractivity contribution in [1.82, 2.24) is 9.97 Å². The van der Waals surface area contributed by atoms with E-state index in [4.69, 9.17) is 15.2 Å². The minimum atomic E-state index is -0.387. The Kier molecular flexibility index (Phi) is 3.93. The highest BCUT2D eigenvalue weighted by molar-refractivity contribution is 5.44. The van der Waals surface area contributed by atoms with Crippen LogP contribution in [0.1, 0.15) is 6.42 Å². The van der Waals surface area contributed by atoms with Crippen LogP contribution in [-0.4, -0.2) is 30.3 Å². The first-order chi connectivity index (χ1) is 6.75. The molecule has 14 heavy (non-hydrogen) atoms. The molecule has 0 spiro atoms. The number of hydrogen-bond donors (Lipinski definition) is 2. The number of anilines is 1. The standard InChI is InChI=1S/C8H13N3O3/c1-13-3-2-4-14-8-6(9)7(12)10-5-11-8/h5H,2-4,9H2,1H3,(H,10,11,12). The third-order valence-corrected chi connectivity index (χ3v) is 1.58. The van der Waals surface area contributed by atoms with Crippen molar-refractivity contribution >= 4 is 5.69 Å². The molecule has 0 unspecified atom stereocenters. The molecule has 1 heterocycles. The van der Waals surface area contributed by atoms with Crippen LogP contribution >= 0.6 is 0 Å². The molecule has 6 nitrogen and oxygen atoms in total. The number of methoxy groups -OCH3 is 1. The Morgan fingerprint density at radius 3 is 3.07 bits per heavy atom. The van der Waals surface area contributed by atoms with Gasteiger partial charge in [0, 0.05) is 20.1 Å². The van der Waals surface area contributed by atoms with Gasteiger partial charge in [0.2, 0.25) is 5.88 Å². The molecule has 0 amide bonds. The van der Waals surface area contributed by atoms with Crippen molar-refractivity contribution in [2.45, 2.75) is 6.42 Å². The van der Waals surface area contributed by atoms with Crippen LogP contribution in [0.4, 0.5) is 5.69 Å². The highest BCUT2D eigenvalue weighted by Gasteiger charge is 2.04. The lowest BCUT2D eigenvalue weighted by Gasteiger charge is -2.05. The summed E-state index contributed by atoms with van der Waals surface area (Å²) in [4.78, 5) is 17.1. The highest BCUT2D eigenvalue weighted by Crippen LogP contribution is 2.10. The zero-order valence-electron chi connectivity index (χ0n) is 7.95. The topological polar surface area (TPSA) is 90.2 Å². The van der Waals surface area contributed by atoms with Gasteiger partial charge in [0.1, 0.15) is 0 Å². The Hall–Kier alpha value is -1.56. The number of ether oxygens (including phenoxy) is 2. The maximum absolute atomic E-state index is 11.0. The molecule has 0 radical (unpaired) electrons. The molecule has 1 rings (SSSR count). The Morgan fingerprint density at radius 1 is 1.57 bits per heavy atom. The first-order valence-electron chi connectivity index (χ1n) is 4.20. The summed E-state index contributed by atoms with van der Waals surface area (Å²) in [6.07, 6.45) is 1.98. The Balaban J connectivity index is 2.51. The van der Waals surface area contributed by atoms with Gasteiger partial charge in [-0.25, -0.2) is 4.98 Å². The Morgan fingerprint density at radius 2 is 2.36 bits per heavy atom. The predicted octanol–water partition coefficient (Wildman–Crippen LogP) is -0.233. The molecule has 6 heteroatoms. The van der Waals surface area contributed by atoms with Crippen LogP contribution in [0.5, 0.6) is 5.88 Å². The van der Waals surface area contributed by atoms with Gasteiger partial charge in [-0.2, -0.15) is 0 Å². The molecule has 0 aliphatic rings. The second kappa shape index (κ2) is 5.23. The zero-order valence-corrected chi connectivity index (χ0v) is 7.95. The summed E-state index contributed by atoms with van der Waals surface area (Å²) in [6, 6.07) is 0. The average molecular weight is 199 g/mol. The number of aromatic amines is 1. The molecule has 0 saturated heterocycles. The van der Waals surface area contributed by atoms with Gasteiger partial charge in [-0.05, 0) is 0 Å². The SMILES string of the molecule is COCCCOc1nc[nH]c(=O)c1N. The molecule has 1 aromatic heterocycles. The molecule has 0 aromatic carbocycles. The number of H-pyrrole nitrogens is 1. The maximum atomic E-state index is 11.0. The van der Waals surface area contributed by atoms with Crippen LogP contribution < -0.4 is 16.0 Å². The minimum absolute atomic E-state index is 0.00455. The van der Waals surface area contributed by atoms with Gasteiger partial charge in [0.15, 0.2) is 5.69 Å². The lowest BCUT2D eigenvalue weighted by Crippen LogP contribution is -2.15. The van der Waals surface area contributed by atoms with Crippen molar-refractivity contribution < 1.29 is 9.47 Å². The molecule has 0 bridgehead atoms. The van der Waals surface area contributed by atoms with Gasteiger partial charge < -0.3 is 20.2 Å². The van der Waals surface area contributed by atoms with Gasteiger partial charge in [-0.3, -0.25) is 4.79 Å². The summed E-state index contributed by atoms with van der Waals surface area (Å²) in [6.45, 7) is 1.03. The second-order valence-corrected chi connectivity index (χ2v) is 2.65. The summed E-state index contributed by atoms with van der Waals surface area (Å²) in [5.74, 6) is 0.171. The number of nitrogens with two attached hydrogens (primary N) is 1. The quantitative estimate of drug-likeness (QED) is 0.639. The van der Waals surface area contributed by atoms with E-state index in [1.165, 1.54) is 6.33 Å². The van der Waals surface area contributed by atoms with Crippen LogP contribution in [0.25, 0.3) is 0 Å². The van der Waals surface area contributed by atoms with E-state index in [-0.39, 0.29) is 17.1 Å². The number of rotatable bonds is 5. The largest absolute Gasteiger partial charge is 0.476 e. The van der Waals surface area contributed by atoms with Crippen molar-refractivity contribution in [3.8, 4) is 5.88 Å². The number of hydrogen-bond acceptors (Lipinski definition) is 5. The third-order valence-electron chi connectivity index (χ3n) is 1.58. The summed E-state index contributed by atoms with van der Waals surface area (Å²) < 4.78 is 10.0. The van der Waals surface area contributed by atoms with Crippen molar-refractivity contribution in [2.75, 3.05) is 26.1 Å². The van der Waals surface area contributed by atoms with Crippen molar-refractivity contribution in [2.24, 2.45) is 0 Å². The minimum Gasteiger partial charge on any atom is -0.476 e. The van der Waals surface area contributed by atoms with E-state index in [2.05, 4.69) is 9.97 Å². The second-order valence-electron chi connectivity index (χ2n) is 2.65. The smallest absolute Gasteiger partial charge is 0.277 e. The fourth-order valence-electron chi connectivity index (χ4n) is 0.881. The molecule has 0 saturated carbocycles. The van der Waals surface area contributed by atoms with E-state index in [1.807, 2.05) is 0 Å². The monoisotopic (exact) mass is 199 g/mol. The Bertz CT molecular complexity index is 337.